The first-order chi connectivity index (χ1) is 7.11. The summed E-state index contributed by atoms with van der Waals surface area (Å²) in [5.41, 5.74) is 5.56. The summed E-state index contributed by atoms with van der Waals surface area (Å²) < 4.78 is 5.38. The van der Waals surface area contributed by atoms with Gasteiger partial charge < -0.3 is 15.8 Å². The summed E-state index contributed by atoms with van der Waals surface area (Å²) >= 11 is 0. The van der Waals surface area contributed by atoms with Gasteiger partial charge in [-0.2, -0.15) is 0 Å². The van der Waals surface area contributed by atoms with Crippen LogP contribution in [0.25, 0.3) is 0 Å². The van der Waals surface area contributed by atoms with E-state index >= 15 is 0 Å². The largest absolute Gasteiger partial charge is 0.380 e. The van der Waals surface area contributed by atoms with E-state index < -0.39 is 0 Å². The molecule has 0 aliphatic heterocycles. The first-order valence-electron chi connectivity index (χ1n) is 5.72. The molecule has 0 aromatic carbocycles. The SMILES string of the molecule is CC(C)CCOCCNC(=O)C1CC1N. The molecule has 0 saturated heterocycles. The second-order valence-electron chi connectivity index (χ2n) is 4.59. The zero-order chi connectivity index (χ0) is 11.3. The van der Waals surface area contributed by atoms with Gasteiger partial charge in [-0.05, 0) is 18.8 Å². The Morgan fingerprint density at radius 2 is 2.20 bits per heavy atom. The van der Waals surface area contributed by atoms with Gasteiger partial charge in [0.1, 0.15) is 0 Å². The second-order valence-corrected chi connectivity index (χ2v) is 4.59. The van der Waals surface area contributed by atoms with Crippen molar-refractivity contribution in [3.05, 3.63) is 0 Å². The van der Waals surface area contributed by atoms with Crippen LogP contribution in [0.1, 0.15) is 26.7 Å². The normalized spacial score (nSPS) is 24.3. The third-order valence-corrected chi connectivity index (χ3v) is 2.56. The summed E-state index contributed by atoms with van der Waals surface area (Å²) in [7, 11) is 0. The van der Waals surface area contributed by atoms with E-state index in [1.165, 1.54) is 0 Å². The summed E-state index contributed by atoms with van der Waals surface area (Å²) in [5, 5.41) is 2.82. The van der Waals surface area contributed by atoms with Crippen molar-refractivity contribution in [3.63, 3.8) is 0 Å². The van der Waals surface area contributed by atoms with Crippen LogP contribution < -0.4 is 11.1 Å². The maximum absolute atomic E-state index is 11.3. The molecule has 1 aliphatic carbocycles. The van der Waals surface area contributed by atoms with E-state index in [0.717, 1.165) is 19.4 Å². The molecule has 1 fully saturated rings. The molecule has 1 rings (SSSR count). The van der Waals surface area contributed by atoms with Gasteiger partial charge in [-0.3, -0.25) is 4.79 Å². The average molecular weight is 214 g/mol. The molecule has 0 heterocycles. The molecule has 1 amide bonds. The number of nitrogens with two attached hydrogens (primary N) is 1. The summed E-state index contributed by atoms with van der Waals surface area (Å²) in [4.78, 5) is 11.3. The zero-order valence-electron chi connectivity index (χ0n) is 9.66. The molecule has 0 spiro atoms. The van der Waals surface area contributed by atoms with E-state index in [1.54, 1.807) is 0 Å². The highest BCUT2D eigenvalue weighted by molar-refractivity contribution is 5.82. The van der Waals surface area contributed by atoms with E-state index in [2.05, 4.69) is 19.2 Å². The van der Waals surface area contributed by atoms with Crippen molar-refractivity contribution in [2.75, 3.05) is 19.8 Å². The molecule has 0 bridgehead atoms. The fraction of sp³-hybridized carbons (Fsp3) is 0.909. The third kappa shape index (κ3) is 5.14. The van der Waals surface area contributed by atoms with Crippen molar-refractivity contribution in [1.82, 2.24) is 5.32 Å². The lowest BCUT2D eigenvalue weighted by atomic mass is 10.1. The van der Waals surface area contributed by atoms with E-state index in [9.17, 15) is 4.79 Å². The summed E-state index contributed by atoms with van der Waals surface area (Å²) in [6.45, 7) is 6.30. The monoisotopic (exact) mass is 214 g/mol. The number of amides is 1. The quantitative estimate of drug-likeness (QED) is 0.607. The van der Waals surface area contributed by atoms with Crippen molar-refractivity contribution >= 4 is 5.91 Å². The van der Waals surface area contributed by atoms with Crippen LogP contribution in [0.2, 0.25) is 0 Å². The van der Waals surface area contributed by atoms with Gasteiger partial charge in [0, 0.05) is 19.2 Å². The van der Waals surface area contributed by atoms with E-state index in [-0.39, 0.29) is 17.9 Å². The molecule has 1 saturated carbocycles. The molecule has 0 aromatic heterocycles. The van der Waals surface area contributed by atoms with Gasteiger partial charge in [0.15, 0.2) is 0 Å². The van der Waals surface area contributed by atoms with Crippen LogP contribution in [0, 0.1) is 11.8 Å². The molecule has 2 atom stereocenters. The number of hydrogen-bond acceptors (Lipinski definition) is 3. The van der Waals surface area contributed by atoms with Gasteiger partial charge in [0.2, 0.25) is 5.91 Å². The lowest BCUT2D eigenvalue weighted by Crippen LogP contribution is -2.30. The predicted molar refractivity (Wildman–Crippen MR) is 59.4 cm³/mol. The molecule has 0 aromatic rings. The molecule has 0 radical (unpaired) electrons. The van der Waals surface area contributed by atoms with Crippen molar-refractivity contribution in [2.45, 2.75) is 32.7 Å². The Balaban J connectivity index is 1.86. The minimum atomic E-state index is 0.0562. The van der Waals surface area contributed by atoms with Crippen molar-refractivity contribution in [2.24, 2.45) is 17.6 Å². The first kappa shape index (κ1) is 12.5. The minimum absolute atomic E-state index is 0.0562. The Hall–Kier alpha value is -0.610. The van der Waals surface area contributed by atoms with Crippen molar-refractivity contribution in [1.29, 1.82) is 0 Å². The van der Waals surface area contributed by atoms with Crippen LogP contribution in [-0.4, -0.2) is 31.7 Å². The van der Waals surface area contributed by atoms with E-state index in [0.29, 0.717) is 19.1 Å². The Labute approximate surface area is 91.5 Å². The summed E-state index contributed by atoms with van der Waals surface area (Å²) in [6, 6.07) is 0.0897. The average Bonchev–Trinajstić information content (AvgIpc) is 2.88. The Morgan fingerprint density at radius 1 is 1.53 bits per heavy atom. The smallest absolute Gasteiger partial charge is 0.224 e. The number of hydrogen-bond donors (Lipinski definition) is 2. The molecule has 3 N–H and O–H groups in total. The number of rotatable bonds is 7. The van der Waals surface area contributed by atoms with Crippen molar-refractivity contribution in [3.8, 4) is 0 Å². The Kier molecular flexibility index (Phi) is 5.05. The van der Waals surface area contributed by atoms with Gasteiger partial charge in [0.05, 0.1) is 12.5 Å². The molecule has 15 heavy (non-hydrogen) atoms. The standard InChI is InChI=1S/C11H22N2O2/c1-8(2)3-5-15-6-4-13-11(14)9-7-10(9)12/h8-10H,3-7,12H2,1-2H3,(H,13,14). The van der Waals surface area contributed by atoms with E-state index in [4.69, 9.17) is 10.5 Å². The molecular formula is C11H22N2O2. The number of carbonyl (C=O) groups is 1. The van der Waals surface area contributed by atoms with Crippen molar-refractivity contribution < 1.29 is 9.53 Å². The minimum Gasteiger partial charge on any atom is -0.380 e. The molecular weight excluding hydrogens is 192 g/mol. The molecule has 4 nitrogen and oxygen atoms in total. The highest BCUT2D eigenvalue weighted by Gasteiger charge is 2.39. The number of ether oxygens (including phenoxy) is 1. The highest BCUT2D eigenvalue weighted by atomic mass is 16.5. The van der Waals surface area contributed by atoms with Crippen LogP contribution in [0.4, 0.5) is 0 Å². The van der Waals surface area contributed by atoms with Gasteiger partial charge >= 0.3 is 0 Å². The highest BCUT2D eigenvalue weighted by Crippen LogP contribution is 2.27. The van der Waals surface area contributed by atoms with Gasteiger partial charge in [0.25, 0.3) is 0 Å². The number of carbonyl (C=O) groups excluding carboxylic acids is 1. The lowest BCUT2D eigenvalue weighted by molar-refractivity contribution is -0.122. The molecule has 88 valence electrons. The first-order valence-corrected chi connectivity index (χ1v) is 5.72. The van der Waals surface area contributed by atoms with Crippen LogP contribution in [0.15, 0.2) is 0 Å². The third-order valence-electron chi connectivity index (χ3n) is 2.56. The van der Waals surface area contributed by atoms with Gasteiger partial charge in [-0.25, -0.2) is 0 Å². The summed E-state index contributed by atoms with van der Waals surface area (Å²) in [5.74, 6) is 0.805. The van der Waals surface area contributed by atoms with Gasteiger partial charge in [-0.1, -0.05) is 13.8 Å². The fourth-order valence-corrected chi connectivity index (χ4v) is 1.31. The Bertz CT molecular complexity index is 207. The molecule has 1 aliphatic rings. The van der Waals surface area contributed by atoms with Crippen LogP contribution in [0.3, 0.4) is 0 Å². The van der Waals surface area contributed by atoms with Crippen LogP contribution >= 0.6 is 0 Å². The molecule has 2 unspecified atom stereocenters. The van der Waals surface area contributed by atoms with Crippen LogP contribution in [0.5, 0.6) is 0 Å². The number of nitrogens with one attached hydrogen (secondary N) is 1. The zero-order valence-corrected chi connectivity index (χ0v) is 9.66. The predicted octanol–water partition coefficient (Wildman–Crippen LogP) is 0.513. The van der Waals surface area contributed by atoms with Crippen LogP contribution in [-0.2, 0) is 9.53 Å². The maximum Gasteiger partial charge on any atom is 0.224 e. The van der Waals surface area contributed by atoms with E-state index in [1.807, 2.05) is 0 Å². The fourth-order valence-electron chi connectivity index (χ4n) is 1.31. The van der Waals surface area contributed by atoms with Gasteiger partial charge in [-0.15, -0.1) is 0 Å². The maximum atomic E-state index is 11.3. The Morgan fingerprint density at radius 3 is 2.73 bits per heavy atom. The second kappa shape index (κ2) is 6.08. The lowest BCUT2D eigenvalue weighted by Gasteiger charge is -2.07. The molecule has 4 heteroatoms. The topological polar surface area (TPSA) is 64.3 Å². The summed E-state index contributed by atoms with van der Waals surface area (Å²) in [6.07, 6.45) is 1.90.